The molecule has 100 valence electrons. The van der Waals surface area contributed by atoms with Crippen LogP contribution in [-0.4, -0.2) is 41.7 Å². The van der Waals surface area contributed by atoms with Crippen LogP contribution < -0.4 is 5.73 Å². The lowest BCUT2D eigenvalue weighted by Gasteiger charge is -2.30. The van der Waals surface area contributed by atoms with Crippen molar-refractivity contribution in [2.24, 2.45) is 17.1 Å². The van der Waals surface area contributed by atoms with E-state index >= 15 is 0 Å². The van der Waals surface area contributed by atoms with Gasteiger partial charge in [-0.25, -0.2) is 0 Å². The molecular weight excluding hydrogens is 216 g/mol. The highest BCUT2D eigenvalue weighted by Gasteiger charge is 2.33. The van der Waals surface area contributed by atoms with Gasteiger partial charge in [0.2, 0.25) is 5.91 Å². The number of carbonyl (C=O) groups excluding carboxylic acids is 1. The molecule has 0 bridgehead atoms. The second-order valence-corrected chi connectivity index (χ2v) is 6.21. The largest absolute Gasteiger partial charge is 0.394 e. The van der Waals surface area contributed by atoms with Crippen LogP contribution in [0.2, 0.25) is 0 Å². The van der Waals surface area contributed by atoms with E-state index in [1.165, 1.54) is 0 Å². The molecule has 2 atom stereocenters. The van der Waals surface area contributed by atoms with E-state index in [1.807, 2.05) is 4.90 Å². The molecule has 4 nitrogen and oxygen atoms in total. The highest BCUT2D eigenvalue weighted by atomic mass is 16.3. The molecule has 1 aliphatic rings. The Hall–Kier alpha value is -0.610. The van der Waals surface area contributed by atoms with Gasteiger partial charge in [0.1, 0.15) is 0 Å². The van der Waals surface area contributed by atoms with Crippen molar-refractivity contribution >= 4 is 5.91 Å². The number of nitrogens with zero attached hydrogens (tertiary/aromatic N) is 1. The Morgan fingerprint density at radius 2 is 2.18 bits per heavy atom. The summed E-state index contributed by atoms with van der Waals surface area (Å²) >= 11 is 0. The first-order valence-corrected chi connectivity index (χ1v) is 6.50. The Bertz CT molecular complexity index is 261. The van der Waals surface area contributed by atoms with Crippen LogP contribution in [0.25, 0.3) is 0 Å². The van der Waals surface area contributed by atoms with Gasteiger partial charge in [0.25, 0.3) is 0 Å². The number of hydrogen-bond donors (Lipinski definition) is 2. The lowest BCUT2D eigenvalue weighted by atomic mass is 9.84. The van der Waals surface area contributed by atoms with Gasteiger partial charge >= 0.3 is 0 Å². The van der Waals surface area contributed by atoms with Crippen LogP contribution in [0.3, 0.4) is 0 Å². The van der Waals surface area contributed by atoms with E-state index in [9.17, 15) is 9.90 Å². The highest BCUT2D eigenvalue weighted by Crippen LogP contribution is 2.27. The normalized spacial score (nSPS) is 22.9. The van der Waals surface area contributed by atoms with E-state index in [-0.39, 0.29) is 29.9 Å². The maximum Gasteiger partial charge on any atom is 0.227 e. The summed E-state index contributed by atoms with van der Waals surface area (Å²) in [5.41, 5.74) is 5.83. The topological polar surface area (TPSA) is 66.6 Å². The third kappa shape index (κ3) is 3.96. The molecule has 0 aromatic carbocycles. The van der Waals surface area contributed by atoms with Crippen molar-refractivity contribution in [3.8, 4) is 0 Å². The number of carbonyl (C=O) groups is 1. The van der Waals surface area contributed by atoms with Crippen LogP contribution in [0, 0.1) is 11.3 Å². The summed E-state index contributed by atoms with van der Waals surface area (Å²) in [7, 11) is 0. The van der Waals surface area contributed by atoms with Crippen LogP contribution >= 0.6 is 0 Å². The van der Waals surface area contributed by atoms with E-state index in [0.29, 0.717) is 6.54 Å². The first-order valence-electron chi connectivity index (χ1n) is 6.50. The minimum Gasteiger partial charge on any atom is -0.394 e. The Balaban J connectivity index is 2.65. The predicted molar refractivity (Wildman–Crippen MR) is 68.4 cm³/mol. The molecule has 17 heavy (non-hydrogen) atoms. The van der Waals surface area contributed by atoms with E-state index in [2.05, 4.69) is 20.8 Å². The number of amides is 1. The SMILES string of the molecule is CC(C)(C)CC(CN)C(=O)N1CCC[C@@H]1CO. The molecule has 3 N–H and O–H groups in total. The monoisotopic (exact) mass is 242 g/mol. The Morgan fingerprint density at radius 1 is 1.53 bits per heavy atom. The van der Waals surface area contributed by atoms with Crippen molar-refractivity contribution in [1.29, 1.82) is 0 Å². The molecule has 1 rings (SSSR count). The molecule has 1 amide bonds. The minimum atomic E-state index is -0.109. The van der Waals surface area contributed by atoms with E-state index in [4.69, 9.17) is 5.73 Å². The summed E-state index contributed by atoms with van der Waals surface area (Å²) in [5, 5.41) is 9.25. The summed E-state index contributed by atoms with van der Waals surface area (Å²) < 4.78 is 0. The minimum absolute atomic E-state index is 0.0107. The third-order valence-corrected chi connectivity index (χ3v) is 3.36. The lowest BCUT2D eigenvalue weighted by Crippen LogP contribution is -2.44. The van der Waals surface area contributed by atoms with Crippen molar-refractivity contribution in [3.05, 3.63) is 0 Å². The van der Waals surface area contributed by atoms with Gasteiger partial charge in [-0.05, 0) is 24.7 Å². The fourth-order valence-electron chi connectivity index (χ4n) is 2.56. The molecule has 0 aromatic rings. The lowest BCUT2D eigenvalue weighted by molar-refractivity contribution is -0.137. The van der Waals surface area contributed by atoms with Gasteiger partial charge in [-0.15, -0.1) is 0 Å². The van der Waals surface area contributed by atoms with Crippen LogP contribution in [0.1, 0.15) is 40.0 Å². The van der Waals surface area contributed by atoms with Crippen LogP contribution in [0.5, 0.6) is 0 Å². The van der Waals surface area contributed by atoms with E-state index in [0.717, 1.165) is 25.8 Å². The number of aliphatic hydroxyl groups excluding tert-OH is 1. The summed E-state index contributed by atoms with van der Waals surface area (Å²) in [5.74, 6) is 0.0149. The smallest absolute Gasteiger partial charge is 0.227 e. The van der Waals surface area contributed by atoms with Gasteiger partial charge in [0, 0.05) is 13.1 Å². The van der Waals surface area contributed by atoms with Gasteiger partial charge in [-0.1, -0.05) is 20.8 Å². The summed E-state index contributed by atoms with van der Waals surface area (Å²) in [6.45, 7) is 7.59. The zero-order chi connectivity index (χ0) is 13.1. The summed E-state index contributed by atoms with van der Waals surface area (Å²) in [6.07, 6.45) is 2.70. The van der Waals surface area contributed by atoms with Gasteiger partial charge < -0.3 is 15.7 Å². The molecular formula is C13H26N2O2. The van der Waals surface area contributed by atoms with E-state index < -0.39 is 0 Å². The number of rotatable bonds is 4. The van der Waals surface area contributed by atoms with Crippen molar-refractivity contribution in [2.45, 2.75) is 46.1 Å². The molecule has 1 fully saturated rings. The fraction of sp³-hybridized carbons (Fsp3) is 0.923. The second-order valence-electron chi connectivity index (χ2n) is 6.21. The molecule has 0 saturated carbocycles. The number of aliphatic hydroxyl groups is 1. The molecule has 0 aromatic heterocycles. The van der Waals surface area contributed by atoms with Gasteiger partial charge in [-0.3, -0.25) is 4.79 Å². The average Bonchev–Trinajstić information content (AvgIpc) is 2.71. The van der Waals surface area contributed by atoms with Crippen LogP contribution in [0.15, 0.2) is 0 Å². The zero-order valence-electron chi connectivity index (χ0n) is 11.3. The Kier molecular flexibility index (Phi) is 4.95. The van der Waals surface area contributed by atoms with Gasteiger partial charge in [0.05, 0.1) is 18.6 Å². The van der Waals surface area contributed by atoms with Crippen molar-refractivity contribution in [1.82, 2.24) is 4.90 Å². The van der Waals surface area contributed by atoms with Crippen molar-refractivity contribution < 1.29 is 9.90 Å². The molecule has 1 heterocycles. The number of nitrogens with two attached hydrogens (primary N) is 1. The molecule has 1 aliphatic heterocycles. The van der Waals surface area contributed by atoms with E-state index in [1.54, 1.807) is 0 Å². The molecule has 1 unspecified atom stereocenters. The number of hydrogen-bond acceptors (Lipinski definition) is 3. The maximum atomic E-state index is 12.4. The maximum absolute atomic E-state index is 12.4. The first kappa shape index (κ1) is 14.5. The Labute approximate surface area is 104 Å². The fourth-order valence-corrected chi connectivity index (χ4v) is 2.56. The molecule has 1 saturated heterocycles. The van der Waals surface area contributed by atoms with Crippen LogP contribution in [-0.2, 0) is 4.79 Å². The molecule has 0 radical (unpaired) electrons. The Morgan fingerprint density at radius 3 is 2.65 bits per heavy atom. The summed E-state index contributed by atoms with van der Waals surface area (Å²) in [4.78, 5) is 14.2. The molecule has 0 spiro atoms. The van der Waals surface area contributed by atoms with Crippen LogP contribution in [0.4, 0.5) is 0 Å². The second kappa shape index (κ2) is 5.83. The van der Waals surface area contributed by atoms with Gasteiger partial charge in [-0.2, -0.15) is 0 Å². The van der Waals surface area contributed by atoms with Crippen molar-refractivity contribution in [2.75, 3.05) is 19.7 Å². The average molecular weight is 242 g/mol. The standard InChI is InChI=1S/C13H26N2O2/c1-13(2,3)7-10(8-14)12(17)15-6-4-5-11(15)9-16/h10-11,16H,4-9,14H2,1-3H3/t10?,11-/m1/s1. The first-order chi connectivity index (χ1) is 7.89. The summed E-state index contributed by atoms with van der Waals surface area (Å²) in [6, 6.07) is 0.0107. The number of likely N-dealkylation sites (tertiary alicyclic amines) is 1. The third-order valence-electron chi connectivity index (χ3n) is 3.36. The molecule has 0 aliphatic carbocycles. The predicted octanol–water partition coefficient (Wildman–Crippen LogP) is 0.981. The van der Waals surface area contributed by atoms with Crippen molar-refractivity contribution in [3.63, 3.8) is 0 Å². The quantitative estimate of drug-likeness (QED) is 0.772. The zero-order valence-corrected chi connectivity index (χ0v) is 11.3. The molecule has 4 heteroatoms. The van der Waals surface area contributed by atoms with Gasteiger partial charge in [0.15, 0.2) is 0 Å². The highest BCUT2D eigenvalue weighted by molar-refractivity contribution is 5.79.